The van der Waals surface area contributed by atoms with Crippen LogP contribution in [0.25, 0.3) is 0 Å². The molecule has 24 heavy (non-hydrogen) atoms. The van der Waals surface area contributed by atoms with Crippen LogP contribution in [0.4, 0.5) is 0 Å². The van der Waals surface area contributed by atoms with Crippen molar-refractivity contribution in [1.82, 2.24) is 5.48 Å². The Balaban J connectivity index is -0.00000220. The lowest BCUT2D eigenvalue weighted by molar-refractivity contribution is -0.146. The molecule has 2 atom stereocenters. The molecule has 0 heterocycles. The molecule has 12 heteroatoms. The molecule has 0 fully saturated rings. The number of amides is 2. The van der Waals surface area contributed by atoms with Gasteiger partial charge in [0.2, 0.25) is 11.7 Å². The highest BCUT2D eigenvalue weighted by molar-refractivity contribution is 7.59. The fourth-order valence-electron chi connectivity index (χ4n) is 1.72. The van der Waals surface area contributed by atoms with Gasteiger partial charge in [0.25, 0.3) is 0 Å². The maximum atomic E-state index is 11.8. The second kappa shape index (κ2) is 13.8. The number of hydroxylamine groups is 1. The molecule has 0 aromatic heterocycles. The zero-order valence-corrected chi connectivity index (χ0v) is 14.8. The molecule has 7 N–H and O–H groups in total. The molecule has 0 saturated carbocycles. The molecule has 0 rings (SSSR count). The van der Waals surface area contributed by atoms with Gasteiger partial charge in [0.15, 0.2) is 0 Å². The third-order valence-electron chi connectivity index (χ3n) is 2.97. The highest BCUT2D eigenvalue weighted by atomic mass is 32.1. The molecule has 0 radical (unpaired) electrons. The summed E-state index contributed by atoms with van der Waals surface area (Å²) in [4.78, 5) is 55.8. The molecular formula is C12H23N3O7S2. The summed E-state index contributed by atoms with van der Waals surface area (Å²) in [6.45, 7) is 0. The minimum absolute atomic E-state index is 0. The van der Waals surface area contributed by atoms with Crippen molar-refractivity contribution in [3.05, 3.63) is 0 Å². The van der Waals surface area contributed by atoms with Crippen LogP contribution < -0.4 is 16.9 Å². The molecule has 0 aromatic rings. The zero-order chi connectivity index (χ0) is 17.3. The van der Waals surface area contributed by atoms with Crippen LogP contribution in [0.5, 0.6) is 0 Å². The van der Waals surface area contributed by atoms with E-state index in [4.69, 9.17) is 21.8 Å². The predicted octanol–water partition coefficient (Wildman–Crippen LogP) is -1.68. The summed E-state index contributed by atoms with van der Waals surface area (Å²) in [5, 5.41) is 16.9. The minimum atomic E-state index is -1.32. The molecule has 10 nitrogen and oxygen atoms in total. The molecule has 0 aliphatic rings. The third kappa shape index (κ3) is 11.0. The van der Waals surface area contributed by atoms with E-state index in [2.05, 4.69) is 0 Å². The van der Waals surface area contributed by atoms with Crippen molar-refractivity contribution in [3.8, 4) is 0 Å². The number of carboxylic acids is 1. The van der Waals surface area contributed by atoms with Crippen LogP contribution in [0.2, 0.25) is 0 Å². The Bertz CT molecular complexity index is 474. The largest absolute Gasteiger partial charge is 0.481 e. The first-order chi connectivity index (χ1) is 10.2. The summed E-state index contributed by atoms with van der Waals surface area (Å²) in [5.74, 6) is -6.02. The van der Waals surface area contributed by atoms with Crippen molar-refractivity contribution >= 4 is 56.3 Å². The van der Waals surface area contributed by atoms with Gasteiger partial charge in [-0.3, -0.25) is 29.2 Å². The van der Waals surface area contributed by atoms with Crippen molar-refractivity contribution in [2.24, 2.45) is 17.4 Å². The Morgan fingerprint density at radius 1 is 1.00 bits per heavy atom. The molecule has 140 valence electrons. The van der Waals surface area contributed by atoms with Crippen molar-refractivity contribution in [3.63, 3.8) is 0 Å². The summed E-state index contributed by atoms with van der Waals surface area (Å²) < 4.78 is 0. The first-order valence-corrected chi connectivity index (χ1v) is 6.45. The lowest BCUT2D eigenvalue weighted by atomic mass is 9.89. The van der Waals surface area contributed by atoms with E-state index in [0.717, 1.165) is 5.48 Å². The fourth-order valence-corrected chi connectivity index (χ4v) is 1.72. The maximum Gasteiger partial charge on any atom is 0.310 e. The predicted molar refractivity (Wildman–Crippen MR) is 92.1 cm³/mol. The van der Waals surface area contributed by atoms with E-state index in [-0.39, 0.29) is 52.7 Å². The van der Waals surface area contributed by atoms with Gasteiger partial charge in [-0.05, 0) is 12.8 Å². The molecule has 0 unspecified atom stereocenters. The minimum Gasteiger partial charge on any atom is -0.481 e. The Labute approximate surface area is 152 Å². The van der Waals surface area contributed by atoms with Crippen LogP contribution >= 0.6 is 27.0 Å². The van der Waals surface area contributed by atoms with E-state index in [9.17, 15) is 24.0 Å². The van der Waals surface area contributed by atoms with Gasteiger partial charge in [-0.15, -0.1) is 0 Å². The Morgan fingerprint density at radius 3 is 1.96 bits per heavy atom. The van der Waals surface area contributed by atoms with Crippen LogP contribution in [0.3, 0.4) is 0 Å². The Kier molecular flexibility index (Phi) is 15.6. The summed E-state index contributed by atoms with van der Waals surface area (Å²) >= 11 is 0. The molecule has 0 aromatic carbocycles. The normalized spacial score (nSPS) is 11.9. The molecule has 2 amide bonds. The van der Waals surface area contributed by atoms with Crippen LogP contribution in [-0.2, 0) is 24.0 Å². The number of nitrogens with one attached hydrogen (secondary N) is 1. The van der Waals surface area contributed by atoms with Gasteiger partial charge in [0, 0.05) is 25.2 Å². The van der Waals surface area contributed by atoms with Crippen LogP contribution in [0, 0.1) is 5.92 Å². The first kappa shape index (κ1) is 27.2. The quantitative estimate of drug-likeness (QED) is 0.158. The topological polar surface area (TPSA) is 190 Å². The van der Waals surface area contributed by atoms with Gasteiger partial charge in [0.05, 0.1) is 6.04 Å². The maximum absolute atomic E-state index is 11.8. The smallest absolute Gasteiger partial charge is 0.310 e. The zero-order valence-electron chi connectivity index (χ0n) is 12.8. The number of ketones is 2. The average Bonchev–Trinajstić information content (AvgIpc) is 2.46. The van der Waals surface area contributed by atoms with Crippen molar-refractivity contribution in [2.75, 3.05) is 0 Å². The lowest BCUT2D eigenvalue weighted by Crippen LogP contribution is -2.38. The molecule has 0 spiro atoms. The molecule has 0 aliphatic heterocycles. The Morgan fingerprint density at radius 2 is 1.54 bits per heavy atom. The number of aliphatic carboxylic acids is 1. The lowest BCUT2D eigenvalue weighted by Gasteiger charge is -2.16. The van der Waals surface area contributed by atoms with Gasteiger partial charge < -0.3 is 16.6 Å². The van der Waals surface area contributed by atoms with E-state index < -0.39 is 47.7 Å². The monoisotopic (exact) mass is 385 g/mol. The van der Waals surface area contributed by atoms with E-state index in [1.165, 1.54) is 0 Å². The number of hydrogen-bond donors (Lipinski definition) is 5. The van der Waals surface area contributed by atoms with E-state index in [1.54, 1.807) is 0 Å². The van der Waals surface area contributed by atoms with E-state index >= 15 is 0 Å². The SMILES string of the molecule is NC(=O)CC[C@H](CC(=O)[C@@H](N)CCC(=O)O)C(=O)C(=O)NO.S.S. The number of hydrogen-bond acceptors (Lipinski definition) is 7. The van der Waals surface area contributed by atoms with E-state index in [0.29, 0.717) is 0 Å². The van der Waals surface area contributed by atoms with Crippen molar-refractivity contribution < 1.29 is 34.3 Å². The molecule has 0 saturated heterocycles. The fraction of sp³-hybridized carbons (Fsp3) is 0.583. The van der Waals surface area contributed by atoms with E-state index in [1.807, 2.05) is 0 Å². The van der Waals surface area contributed by atoms with Crippen molar-refractivity contribution in [2.45, 2.75) is 38.1 Å². The third-order valence-corrected chi connectivity index (χ3v) is 2.97. The summed E-state index contributed by atoms with van der Waals surface area (Å²) in [6.07, 6.45) is -1.26. The standard InChI is InChI=1S/C12H19N3O7.2H2S/c13-7(2-4-10(18)19)8(16)5-6(1-3-9(14)17)11(20)12(21)15-22;;/h6-7,22H,1-5,13H2,(H2,14,17)(H,15,21)(H,18,19);2*1H2/t6-,7+;;/m1../s1. The van der Waals surface area contributed by atoms with Crippen molar-refractivity contribution in [1.29, 1.82) is 0 Å². The Hall–Kier alpha value is -1.63. The average molecular weight is 385 g/mol. The van der Waals surface area contributed by atoms with Crippen LogP contribution in [0.1, 0.15) is 32.1 Å². The van der Waals surface area contributed by atoms with Gasteiger partial charge in [0.1, 0.15) is 5.78 Å². The number of carbonyl (C=O) groups is 5. The second-order valence-corrected chi connectivity index (χ2v) is 4.72. The van der Waals surface area contributed by atoms with Crippen LogP contribution in [-0.4, -0.2) is 45.7 Å². The number of carbonyl (C=O) groups excluding carboxylic acids is 4. The summed E-state index contributed by atoms with van der Waals surface area (Å²) in [6, 6.07) is -1.10. The summed E-state index contributed by atoms with van der Waals surface area (Å²) in [5.41, 5.74) is 11.6. The van der Waals surface area contributed by atoms with Crippen LogP contribution in [0.15, 0.2) is 0 Å². The van der Waals surface area contributed by atoms with Gasteiger partial charge in [-0.25, -0.2) is 5.48 Å². The van der Waals surface area contributed by atoms with Gasteiger partial charge in [-0.2, -0.15) is 27.0 Å². The first-order valence-electron chi connectivity index (χ1n) is 6.45. The number of nitrogens with two attached hydrogens (primary N) is 2. The number of carboxylic acid groups (broad SMARTS) is 1. The second-order valence-electron chi connectivity index (χ2n) is 4.72. The molecule has 0 aliphatic carbocycles. The highest BCUT2D eigenvalue weighted by Crippen LogP contribution is 2.15. The highest BCUT2D eigenvalue weighted by Gasteiger charge is 2.29. The number of rotatable bonds is 11. The summed E-state index contributed by atoms with van der Waals surface area (Å²) in [7, 11) is 0. The number of Topliss-reactive ketones (excluding diaryl/α,β-unsaturated/α-hetero) is 2. The molecule has 0 bridgehead atoms. The van der Waals surface area contributed by atoms with Gasteiger partial charge >= 0.3 is 11.9 Å². The number of primary amides is 1. The molecular weight excluding hydrogens is 362 g/mol. The van der Waals surface area contributed by atoms with Gasteiger partial charge in [-0.1, -0.05) is 0 Å².